The maximum absolute atomic E-state index is 9.49. The minimum absolute atomic E-state index is 0.118. The molecule has 3 aromatic rings. The average molecular weight is 357 g/mol. The minimum Gasteiger partial charge on any atom is -0.486 e. The number of aromatic nitrogens is 2. The van der Waals surface area contributed by atoms with Gasteiger partial charge in [-0.1, -0.05) is 29.8 Å². The highest BCUT2D eigenvalue weighted by Gasteiger charge is 2.16. The third-order valence-electron chi connectivity index (χ3n) is 4.11. The summed E-state index contributed by atoms with van der Waals surface area (Å²) in [6.45, 7) is 1.50. The Kier molecular flexibility index (Phi) is 4.34. The van der Waals surface area contributed by atoms with Gasteiger partial charge in [0.1, 0.15) is 13.2 Å². The Morgan fingerprint density at radius 1 is 1.04 bits per heavy atom. The van der Waals surface area contributed by atoms with Gasteiger partial charge in [-0.25, -0.2) is 0 Å². The van der Waals surface area contributed by atoms with Gasteiger partial charge in [0.15, 0.2) is 11.5 Å². The summed E-state index contributed by atoms with van der Waals surface area (Å²) >= 11 is 6.28. The lowest BCUT2D eigenvalue weighted by atomic mass is 10.1. The van der Waals surface area contributed by atoms with Crippen LogP contribution in [-0.2, 0) is 13.2 Å². The van der Waals surface area contributed by atoms with Crippen LogP contribution >= 0.6 is 11.6 Å². The molecule has 0 saturated carbocycles. The zero-order chi connectivity index (χ0) is 17.2. The number of halogens is 1. The molecule has 0 saturated heterocycles. The van der Waals surface area contributed by atoms with Crippen LogP contribution in [0.1, 0.15) is 11.3 Å². The first-order valence-corrected chi connectivity index (χ1v) is 8.43. The van der Waals surface area contributed by atoms with E-state index in [0.717, 1.165) is 28.3 Å². The van der Waals surface area contributed by atoms with E-state index in [9.17, 15) is 5.11 Å². The van der Waals surface area contributed by atoms with Crippen molar-refractivity contribution in [3.8, 4) is 22.8 Å². The Labute approximate surface area is 150 Å². The maximum Gasteiger partial charge on any atom is 0.162 e. The van der Waals surface area contributed by atoms with Crippen LogP contribution < -0.4 is 9.47 Å². The van der Waals surface area contributed by atoms with E-state index < -0.39 is 0 Å². The van der Waals surface area contributed by atoms with E-state index in [-0.39, 0.29) is 6.61 Å². The van der Waals surface area contributed by atoms with Crippen LogP contribution in [-0.4, -0.2) is 28.1 Å². The molecular formula is C19H17ClN2O3. The minimum atomic E-state index is -0.118. The summed E-state index contributed by atoms with van der Waals surface area (Å²) in [5, 5.41) is 14.7. The summed E-state index contributed by atoms with van der Waals surface area (Å²) in [7, 11) is 0. The largest absolute Gasteiger partial charge is 0.486 e. The van der Waals surface area contributed by atoms with Crippen molar-refractivity contribution in [2.24, 2.45) is 0 Å². The zero-order valence-corrected chi connectivity index (χ0v) is 14.2. The van der Waals surface area contributed by atoms with Crippen molar-refractivity contribution >= 4 is 11.6 Å². The molecule has 0 unspecified atom stereocenters. The van der Waals surface area contributed by atoms with Gasteiger partial charge in [0, 0.05) is 10.6 Å². The predicted octanol–water partition coefficient (Wildman–Crippen LogP) is 3.52. The number of hydrogen-bond acceptors (Lipinski definition) is 4. The van der Waals surface area contributed by atoms with E-state index in [1.165, 1.54) is 0 Å². The molecule has 0 aliphatic carbocycles. The Morgan fingerprint density at radius 3 is 2.64 bits per heavy atom. The van der Waals surface area contributed by atoms with Crippen molar-refractivity contribution in [3.05, 3.63) is 64.8 Å². The fraction of sp³-hybridized carbons (Fsp3) is 0.211. The van der Waals surface area contributed by atoms with Crippen molar-refractivity contribution < 1.29 is 14.6 Å². The van der Waals surface area contributed by atoms with Crippen molar-refractivity contribution in [3.63, 3.8) is 0 Å². The van der Waals surface area contributed by atoms with Gasteiger partial charge in [0.25, 0.3) is 0 Å². The summed E-state index contributed by atoms with van der Waals surface area (Å²) in [4.78, 5) is 0. The molecule has 2 aromatic carbocycles. The lowest BCUT2D eigenvalue weighted by Crippen LogP contribution is -2.15. The summed E-state index contributed by atoms with van der Waals surface area (Å²) in [5.41, 5.74) is 3.41. The van der Waals surface area contributed by atoms with Crippen LogP contribution in [0.15, 0.2) is 48.5 Å². The van der Waals surface area contributed by atoms with Gasteiger partial charge in [-0.2, -0.15) is 5.10 Å². The second-order valence-electron chi connectivity index (χ2n) is 5.79. The topological polar surface area (TPSA) is 56.5 Å². The fourth-order valence-corrected chi connectivity index (χ4v) is 3.09. The first kappa shape index (κ1) is 16.0. The number of aliphatic hydroxyl groups is 1. The quantitative estimate of drug-likeness (QED) is 0.777. The summed E-state index contributed by atoms with van der Waals surface area (Å²) in [6.07, 6.45) is 0. The molecule has 0 fully saturated rings. The molecule has 128 valence electrons. The molecule has 2 heterocycles. The second-order valence-corrected chi connectivity index (χ2v) is 6.19. The van der Waals surface area contributed by atoms with E-state index in [2.05, 4.69) is 5.10 Å². The lowest BCUT2D eigenvalue weighted by molar-refractivity contribution is 0.171. The average Bonchev–Trinajstić information content (AvgIpc) is 3.06. The first-order valence-electron chi connectivity index (χ1n) is 8.05. The molecule has 1 N–H and O–H groups in total. The van der Waals surface area contributed by atoms with Gasteiger partial charge in [-0.15, -0.1) is 0 Å². The second kappa shape index (κ2) is 6.78. The molecule has 25 heavy (non-hydrogen) atoms. The number of benzene rings is 2. The molecule has 1 aromatic heterocycles. The highest BCUT2D eigenvalue weighted by Crippen LogP contribution is 2.35. The standard InChI is InChI=1S/C19H17ClN2O3/c20-16-4-2-1-3-14(16)11-22-17(10-15(12-23)21-22)13-5-6-18-19(9-13)25-8-7-24-18/h1-6,9-10,23H,7-8,11-12H2. The molecule has 0 atom stereocenters. The smallest absolute Gasteiger partial charge is 0.162 e. The van der Waals surface area contributed by atoms with Crippen molar-refractivity contribution in [2.45, 2.75) is 13.2 Å². The van der Waals surface area contributed by atoms with E-state index in [1.807, 2.05) is 53.2 Å². The molecular weight excluding hydrogens is 340 g/mol. The van der Waals surface area contributed by atoms with E-state index >= 15 is 0 Å². The van der Waals surface area contributed by atoms with Crippen LogP contribution in [0.4, 0.5) is 0 Å². The first-order chi connectivity index (χ1) is 12.2. The lowest BCUT2D eigenvalue weighted by Gasteiger charge is -2.19. The molecule has 1 aliphatic heterocycles. The van der Waals surface area contributed by atoms with Crippen molar-refractivity contribution in [1.29, 1.82) is 0 Å². The molecule has 1 aliphatic rings. The van der Waals surface area contributed by atoms with Gasteiger partial charge in [-0.05, 0) is 35.9 Å². The molecule has 0 amide bonds. The van der Waals surface area contributed by atoms with Gasteiger partial charge in [0.2, 0.25) is 0 Å². The summed E-state index contributed by atoms with van der Waals surface area (Å²) < 4.78 is 13.1. The van der Waals surface area contributed by atoms with Crippen LogP contribution in [0.2, 0.25) is 5.02 Å². The summed E-state index contributed by atoms with van der Waals surface area (Å²) in [6, 6.07) is 15.4. The predicted molar refractivity (Wildman–Crippen MR) is 95.1 cm³/mol. The van der Waals surface area contributed by atoms with Gasteiger partial charge >= 0.3 is 0 Å². The molecule has 4 rings (SSSR count). The molecule has 0 radical (unpaired) electrons. The van der Waals surface area contributed by atoms with E-state index in [4.69, 9.17) is 21.1 Å². The van der Waals surface area contributed by atoms with Crippen LogP contribution in [0.5, 0.6) is 11.5 Å². The maximum atomic E-state index is 9.49. The Balaban J connectivity index is 1.74. The van der Waals surface area contributed by atoms with Gasteiger partial charge in [0.05, 0.1) is 24.5 Å². The Hall–Kier alpha value is -2.50. The monoisotopic (exact) mass is 356 g/mol. The number of ether oxygens (including phenoxy) is 2. The Bertz CT molecular complexity index is 907. The fourth-order valence-electron chi connectivity index (χ4n) is 2.89. The van der Waals surface area contributed by atoms with Crippen LogP contribution in [0.25, 0.3) is 11.3 Å². The third-order valence-corrected chi connectivity index (χ3v) is 4.48. The highest BCUT2D eigenvalue weighted by molar-refractivity contribution is 6.31. The van der Waals surface area contributed by atoms with Crippen molar-refractivity contribution in [1.82, 2.24) is 9.78 Å². The molecule has 0 bridgehead atoms. The number of hydrogen-bond donors (Lipinski definition) is 1. The summed E-state index contributed by atoms with van der Waals surface area (Å²) in [5.74, 6) is 1.47. The molecule has 0 spiro atoms. The molecule has 5 nitrogen and oxygen atoms in total. The SMILES string of the molecule is OCc1cc(-c2ccc3c(c2)OCCO3)n(Cc2ccccc2Cl)n1. The van der Waals surface area contributed by atoms with E-state index in [0.29, 0.717) is 30.5 Å². The number of nitrogens with zero attached hydrogens (tertiary/aromatic N) is 2. The van der Waals surface area contributed by atoms with Gasteiger partial charge < -0.3 is 14.6 Å². The van der Waals surface area contributed by atoms with Crippen LogP contribution in [0.3, 0.4) is 0 Å². The molecule has 6 heteroatoms. The number of rotatable bonds is 4. The van der Waals surface area contributed by atoms with Crippen molar-refractivity contribution in [2.75, 3.05) is 13.2 Å². The van der Waals surface area contributed by atoms with Crippen LogP contribution in [0, 0.1) is 0 Å². The van der Waals surface area contributed by atoms with E-state index in [1.54, 1.807) is 0 Å². The zero-order valence-electron chi connectivity index (χ0n) is 13.5. The number of fused-ring (bicyclic) bond motifs is 1. The third kappa shape index (κ3) is 3.21. The Morgan fingerprint density at radius 2 is 1.84 bits per heavy atom. The van der Waals surface area contributed by atoms with Gasteiger partial charge in [-0.3, -0.25) is 4.68 Å². The normalized spacial score (nSPS) is 13.0. The highest BCUT2D eigenvalue weighted by atomic mass is 35.5. The number of aliphatic hydroxyl groups excluding tert-OH is 1.